The van der Waals surface area contributed by atoms with Crippen LogP contribution in [0.15, 0.2) is 30.3 Å². The molecule has 260 valence electrons. The lowest BCUT2D eigenvalue weighted by atomic mass is 9.75. The number of phenols is 1. The Kier molecular flexibility index (Phi) is 8.21. The average molecular weight is 678 g/mol. The summed E-state index contributed by atoms with van der Waals surface area (Å²) < 4.78 is 55.8. The van der Waals surface area contributed by atoms with Gasteiger partial charge >= 0.3 is 6.01 Å². The molecule has 49 heavy (non-hydrogen) atoms. The topological polar surface area (TPSA) is 123 Å². The lowest BCUT2D eigenvalue weighted by Crippen LogP contribution is -2.60. The fourth-order valence-electron chi connectivity index (χ4n) is 8.46. The maximum absolute atomic E-state index is 17.0. The molecular weight excluding hydrogens is 636 g/mol. The van der Waals surface area contributed by atoms with Crippen LogP contribution in [0.5, 0.6) is 17.6 Å². The van der Waals surface area contributed by atoms with Gasteiger partial charge in [-0.05, 0) is 62.7 Å². The number of pyridine rings is 1. The van der Waals surface area contributed by atoms with E-state index in [0.717, 1.165) is 51.9 Å². The Labute approximate surface area is 282 Å². The number of phenolic OH excluding ortho intramolecular Hbond substituents is 1. The number of hydrogen-bond acceptors (Lipinski definition) is 11. The molecule has 3 saturated heterocycles. The molecule has 3 atom stereocenters. The molecule has 3 aliphatic heterocycles. The molecule has 0 amide bonds. The number of aromatic nitrogens is 3. The van der Waals surface area contributed by atoms with Crippen molar-refractivity contribution in [2.45, 2.75) is 56.7 Å². The van der Waals surface area contributed by atoms with E-state index >= 15 is 8.78 Å². The zero-order chi connectivity index (χ0) is 33.9. The number of β-amino-alcohol motifs (C(OH)–C–C–N with tert-alkyl or cyclic N) is 1. The van der Waals surface area contributed by atoms with Crippen LogP contribution in [0, 0.1) is 17.0 Å². The number of benzene rings is 2. The maximum Gasteiger partial charge on any atom is 0.319 e. The average Bonchev–Trinajstić information content (AvgIpc) is 3.40. The molecule has 4 fully saturated rings. The van der Waals surface area contributed by atoms with Crippen LogP contribution in [0.4, 0.5) is 14.6 Å². The number of piperidine rings is 1. The molecule has 0 radical (unpaired) electrons. The van der Waals surface area contributed by atoms with Gasteiger partial charge in [0.15, 0.2) is 5.82 Å². The highest BCUT2D eigenvalue weighted by molar-refractivity contribution is 6.02. The highest BCUT2D eigenvalue weighted by Crippen LogP contribution is 2.49. The second-order valence-corrected chi connectivity index (χ2v) is 14.2. The van der Waals surface area contributed by atoms with E-state index < -0.39 is 17.2 Å². The predicted molar refractivity (Wildman–Crippen MR) is 178 cm³/mol. The number of fused-ring (bicyclic) bond motifs is 3. The molecule has 4 aliphatic rings. The number of likely N-dealkylation sites (tertiary alicyclic amines) is 1. The molecule has 1 saturated carbocycles. The number of aromatic hydroxyl groups is 1. The number of rotatable bonds is 7. The van der Waals surface area contributed by atoms with E-state index in [9.17, 15) is 10.2 Å². The molecule has 13 heteroatoms. The van der Waals surface area contributed by atoms with Gasteiger partial charge in [-0.1, -0.05) is 18.6 Å². The van der Waals surface area contributed by atoms with Gasteiger partial charge < -0.3 is 34.1 Å². The van der Waals surface area contributed by atoms with Gasteiger partial charge in [0.2, 0.25) is 5.88 Å². The van der Waals surface area contributed by atoms with Crippen molar-refractivity contribution < 1.29 is 37.9 Å². The molecule has 0 bridgehead atoms. The quantitative estimate of drug-likeness (QED) is 0.280. The normalized spacial score (nSPS) is 26.5. The zero-order valence-corrected chi connectivity index (χ0v) is 27.8. The van der Waals surface area contributed by atoms with Gasteiger partial charge in [-0.15, -0.1) is 0 Å². The minimum Gasteiger partial charge on any atom is -0.508 e. The minimum absolute atomic E-state index is 0.00526. The van der Waals surface area contributed by atoms with Gasteiger partial charge in [0, 0.05) is 29.0 Å². The predicted octanol–water partition coefficient (Wildman–Crippen LogP) is 4.84. The van der Waals surface area contributed by atoms with Crippen molar-refractivity contribution >= 4 is 27.5 Å². The lowest BCUT2D eigenvalue weighted by molar-refractivity contribution is -0.115. The zero-order valence-electron chi connectivity index (χ0n) is 27.8. The Morgan fingerprint density at radius 3 is 2.67 bits per heavy atom. The van der Waals surface area contributed by atoms with Gasteiger partial charge in [0.25, 0.3) is 0 Å². The van der Waals surface area contributed by atoms with E-state index in [1.807, 2.05) is 4.90 Å². The van der Waals surface area contributed by atoms with E-state index in [1.165, 1.54) is 31.4 Å². The lowest BCUT2D eigenvalue weighted by Gasteiger charge is -2.51. The van der Waals surface area contributed by atoms with Gasteiger partial charge in [-0.25, -0.2) is 13.8 Å². The van der Waals surface area contributed by atoms with Gasteiger partial charge in [0.1, 0.15) is 39.6 Å². The molecule has 8 rings (SSSR count). The SMILES string of the molecule is COc1nc(-c2cc(O)cc3cccc(F)c23)c(F)c2nc(OCC34CCCC3N(C3COC3)CCC4)nc(N3CCOCC(C)(O)C3)c12. The molecular formula is C36H41F2N5O6. The van der Waals surface area contributed by atoms with Crippen molar-refractivity contribution in [3.05, 3.63) is 42.0 Å². The molecule has 5 heterocycles. The monoisotopic (exact) mass is 677 g/mol. The first-order chi connectivity index (χ1) is 23.7. The Bertz CT molecular complexity index is 1910. The third-order valence-corrected chi connectivity index (χ3v) is 10.7. The molecule has 4 aromatic rings. The fourth-order valence-corrected chi connectivity index (χ4v) is 8.46. The van der Waals surface area contributed by atoms with Crippen LogP contribution in [0.1, 0.15) is 39.0 Å². The first-order valence-electron chi connectivity index (χ1n) is 17.0. The Hall–Kier alpha value is -3.91. The number of hydrogen-bond donors (Lipinski definition) is 2. The van der Waals surface area contributed by atoms with Crippen molar-refractivity contribution in [3.8, 4) is 28.9 Å². The number of halogens is 2. The Morgan fingerprint density at radius 1 is 1.04 bits per heavy atom. The van der Waals surface area contributed by atoms with E-state index in [2.05, 4.69) is 14.9 Å². The van der Waals surface area contributed by atoms with Crippen LogP contribution in [0.3, 0.4) is 0 Å². The molecule has 2 aromatic heterocycles. The van der Waals surface area contributed by atoms with E-state index in [1.54, 1.807) is 13.0 Å². The number of nitrogens with zero attached hydrogens (tertiary/aromatic N) is 5. The first kappa shape index (κ1) is 32.3. The summed E-state index contributed by atoms with van der Waals surface area (Å²) in [4.78, 5) is 18.4. The second-order valence-electron chi connectivity index (χ2n) is 14.2. The summed E-state index contributed by atoms with van der Waals surface area (Å²) in [5.74, 6) is -1.32. The van der Waals surface area contributed by atoms with Gasteiger partial charge in [-0.3, -0.25) is 4.90 Å². The van der Waals surface area contributed by atoms with Crippen LogP contribution in [0.2, 0.25) is 0 Å². The standard InChI is InChI=1S/C36H41F2N5O6/c1-35(45)18-42(12-13-47-19-35)32-28-31(29(38)30(39-33(28)46-2)24-15-23(44)14-21-6-3-7-25(37)27(21)24)40-34(41-32)49-20-36-9-4-8-26(36)43(11-5-10-36)22-16-48-17-22/h3,6-7,14-15,22,26,44-45H,4-5,8-13,16-20H2,1-2H3. The number of ether oxygens (including phenoxy) is 4. The summed E-state index contributed by atoms with van der Waals surface area (Å²) in [6.07, 6.45) is 5.27. The largest absolute Gasteiger partial charge is 0.508 e. The van der Waals surface area contributed by atoms with Crippen LogP contribution in [-0.4, -0.2) is 108 Å². The van der Waals surface area contributed by atoms with E-state index in [-0.39, 0.29) is 69.6 Å². The van der Waals surface area contributed by atoms with Crippen LogP contribution < -0.4 is 14.4 Å². The first-order valence-corrected chi connectivity index (χ1v) is 17.0. The van der Waals surface area contributed by atoms with Gasteiger partial charge in [-0.2, -0.15) is 9.97 Å². The summed E-state index contributed by atoms with van der Waals surface area (Å²) in [6, 6.07) is 7.90. The van der Waals surface area contributed by atoms with Crippen LogP contribution in [0.25, 0.3) is 32.9 Å². The molecule has 0 spiro atoms. The molecule has 2 N–H and O–H groups in total. The molecule has 11 nitrogen and oxygen atoms in total. The molecule has 2 aromatic carbocycles. The van der Waals surface area contributed by atoms with Gasteiger partial charge in [0.05, 0.1) is 52.7 Å². The molecule has 1 aliphatic carbocycles. The summed E-state index contributed by atoms with van der Waals surface area (Å²) in [7, 11) is 1.40. The number of anilines is 1. The van der Waals surface area contributed by atoms with Crippen molar-refractivity contribution in [1.29, 1.82) is 0 Å². The van der Waals surface area contributed by atoms with Crippen molar-refractivity contribution in [1.82, 2.24) is 19.9 Å². The highest BCUT2D eigenvalue weighted by Gasteiger charge is 2.51. The highest BCUT2D eigenvalue weighted by atomic mass is 19.1. The smallest absolute Gasteiger partial charge is 0.319 e. The summed E-state index contributed by atoms with van der Waals surface area (Å²) in [6.45, 7) is 5.49. The van der Waals surface area contributed by atoms with Crippen molar-refractivity contribution in [2.75, 3.05) is 64.7 Å². The van der Waals surface area contributed by atoms with Crippen LogP contribution in [-0.2, 0) is 9.47 Å². The Balaban J connectivity index is 1.27. The summed E-state index contributed by atoms with van der Waals surface area (Å²) in [5.41, 5.74) is -1.63. The van der Waals surface area contributed by atoms with Crippen molar-refractivity contribution in [3.63, 3.8) is 0 Å². The van der Waals surface area contributed by atoms with E-state index in [4.69, 9.17) is 23.9 Å². The maximum atomic E-state index is 17.0. The third kappa shape index (κ3) is 5.70. The fraction of sp³-hybridized carbons (Fsp3) is 0.528. The second kappa shape index (κ2) is 12.4. The number of methoxy groups -OCH3 is 1. The van der Waals surface area contributed by atoms with Crippen molar-refractivity contribution in [2.24, 2.45) is 5.41 Å². The summed E-state index contributed by atoms with van der Waals surface area (Å²) >= 11 is 0. The van der Waals surface area contributed by atoms with E-state index in [0.29, 0.717) is 37.2 Å². The third-order valence-electron chi connectivity index (χ3n) is 10.7. The van der Waals surface area contributed by atoms with Crippen LogP contribution >= 0.6 is 0 Å². The molecule has 3 unspecified atom stereocenters. The summed E-state index contributed by atoms with van der Waals surface area (Å²) in [5, 5.41) is 22.3. The minimum atomic E-state index is -1.22. The number of aliphatic hydroxyl groups is 1. The Morgan fingerprint density at radius 2 is 1.88 bits per heavy atom.